The molecule has 6 heteroatoms. The summed E-state index contributed by atoms with van der Waals surface area (Å²) in [5.74, 6) is -0.0609. The average Bonchev–Trinajstić information content (AvgIpc) is 3.23. The molecule has 29 heavy (non-hydrogen) atoms. The molecular formula is C23H20N2O2S2. The van der Waals surface area contributed by atoms with Crippen LogP contribution in [0.1, 0.15) is 28.5 Å². The van der Waals surface area contributed by atoms with Crippen LogP contribution in [0, 0.1) is 0 Å². The summed E-state index contributed by atoms with van der Waals surface area (Å²) in [4.78, 5) is 30.3. The van der Waals surface area contributed by atoms with Gasteiger partial charge in [0, 0.05) is 22.7 Å². The van der Waals surface area contributed by atoms with Gasteiger partial charge in [0.15, 0.2) is 0 Å². The molecule has 146 valence electrons. The molecule has 2 aliphatic rings. The van der Waals surface area contributed by atoms with E-state index in [4.69, 9.17) is 0 Å². The number of benzene rings is 2. The highest BCUT2D eigenvalue weighted by Crippen LogP contribution is 2.40. The molecule has 5 rings (SSSR count). The number of carbonyl (C=O) groups excluding carboxylic acids is 2. The highest BCUT2D eigenvalue weighted by molar-refractivity contribution is 8.01. The van der Waals surface area contributed by atoms with Crippen LogP contribution in [-0.4, -0.2) is 28.5 Å². The third-order valence-corrected chi connectivity index (χ3v) is 7.74. The molecule has 0 bridgehead atoms. The Kier molecular flexibility index (Phi) is 4.89. The van der Waals surface area contributed by atoms with Gasteiger partial charge in [0.2, 0.25) is 11.8 Å². The van der Waals surface area contributed by atoms with Crippen LogP contribution in [0.3, 0.4) is 0 Å². The molecule has 0 unspecified atom stereocenters. The number of fused-ring (bicyclic) bond motifs is 2. The monoisotopic (exact) mass is 420 g/mol. The van der Waals surface area contributed by atoms with Gasteiger partial charge in [0.25, 0.3) is 0 Å². The van der Waals surface area contributed by atoms with Crippen molar-refractivity contribution >= 4 is 40.6 Å². The number of thiophene rings is 1. The summed E-state index contributed by atoms with van der Waals surface area (Å²) in [6, 6.07) is 20.0. The second-order valence-corrected chi connectivity index (χ2v) is 9.49. The molecule has 4 nitrogen and oxygen atoms in total. The van der Waals surface area contributed by atoms with Crippen molar-refractivity contribution < 1.29 is 9.59 Å². The predicted octanol–water partition coefficient (Wildman–Crippen LogP) is 4.73. The first kappa shape index (κ1) is 18.5. The molecule has 1 aromatic heterocycles. The third-order valence-electron chi connectivity index (χ3n) is 5.47. The zero-order chi connectivity index (χ0) is 19.8. The van der Waals surface area contributed by atoms with Gasteiger partial charge in [-0.1, -0.05) is 42.5 Å². The van der Waals surface area contributed by atoms with Crippen LogP contribution in [0.5, 0.6) is 0 Å². The number of thioether (sulfide) groups is 1. The first-order chi connectivity index (χ1) is 14.2. The Morgan fingerprint density at radius 3 is 2.72 bits per heavy atom. The molecule has 0 spiro atoms. The number of para-hydroxylation sites is 1. The molecule has 2 amide bonds. The van der Waals surface area contributed by atoms with Crippen molar-refractivity contribution in [3.05, 3.63) is 82.0 Å². The van der Waals surface area contributed by atoms with Gasteiger partial charge >= 0.3 is 0 Å². The first-order valence-corrected chi connectivity index (χ1v) is 11.4. The summed E-state index contributed by atoms with van der Waals surface area (Å²) >= 11 is 3.24. The molecule has 0 saturated carbocycles. The molecule has 3 heterocycles. The lowest BCUT2D eigenvalue weighted by molar-refractivity contribution is -0.134. The normalized spacial score (nSPS) is 20.6. The van der Waals surface area contributed by atoms with Crippen LogP contribution in [0.4, 0.5) is 5.69 Å². The first-order valence-electron chi connectivity index (χ1n) is 9.68. The van der Waals surface area contributed by atoms with Crippen molar-refractivity contribution in [3.63, 3.8) is 0 Å². The molecule has 2 aliphatic heterocycles. The predicted molar refractivity (Wildman–Crippen MR) is 117 cm³/mol. The van der Waals surface area contributed by atoms with Crippen molar-refractivity contribution in [1.82, 2.24) is 4.90 Å². The van der Waals surface area contributed by atoms with E-state index in [9.17, 15) is 9.59 Å². The van der Waals surface area contributed by atoms with E-state index in [2.05, 4.69) is 28.9 Å². The molecule has 2 atom stereocenters. The Bertz CT molecular complexity index is 1060. The van der Waals surface area contributed by atoms with E-state index in [-0.39, 0.29) is 24.3 Å². The van der Waals surface area contributed by atoms with Crippen LogP contribution in [0.2, 0.25) is 0 Å². The Hall–Kier alpha value is -2.57. The highest BCUT2D eigenvalue weighted by atomic mass is 32.2. The fraction of sp³-hybridized carbons (Fsp3) is 0.217. The number of amides is 2. The average molecular weight is 421 g/mol. The molecule has 3 aromatic rings. The lowest BCUT2D eigenvalue weighted by atomic mass is 9.93. The number of rotatable bonds is 3. The van der Waals surface area contributed by atoms with Crippen LogP contribution < -0.4 is 5.32 Å². The van der Waals surface area contributed by atoms with E-state index in [1.165, 1.54) is 22.2 Å². The molecule has 0 fully saturated rings. The van der Waals surface area contributed by atoms with Crippen molar-refractivity contribution in [1.29, 1.82) is 0 Å². The van der Waals surface area contributed by atoms with Crippen LogP contribution in [0.15, 0.2) is 70.9 Å². The number of anilines is 1. The zero-order valence-corrected chi connectivity index (χ0v) is 17.3. The van der Waals surface area contributed by atoms with Crippen molar-refractivity contribution in [2.24, 2.45) is 0 Å². The second-order valence-electron chi connectivity index (χ2n) is 7.25. The number of hydrogen-bond acceptors (Lipinski definition) is 4. The number of hydrogen-bond donors (Lipinski definition) is 1. The van der Waals surface area contributed by atoms with E-state index in [1.807, 2.05) is 47.4 Å². The van der Waals surface area contributed by atoms with Gasteiger partial charge in [-0.25, -0.2) is 0 Å². The minimum Gasteiger partial charge on any atom is -0.331 e. The minimum absolute atomic E-state index is 0.0303. The number of carbonyl (C=O) groups is 2. The maximum absolute atomic E-state index is 13.4. The minimum atomic E-state index is -0.405. The van der Waals surface area contributed by atoms with Crippen molar-refractivity contribution in [3.8, 4) is 0 Å². The molecular weight excluding hydrogens is 400 g/mol. The smallest absolute Gasteiger partial charge is 0.238 e. The van der Waals surface area contributed by atoms with Gasteiger partial charge in [0.1, 0.15) is 0 Å². The second kappa shape index (κ2) is 7.69. The summed E-state index contributed by atoms with van der Waals surface area (Å²) in [7, 11) is 0. The molecule has 0 radical (unpaired) electrons. The molecule has 2 aromatic carbocycles. The highest BCUT2D eigenvalue weighted by Gasteiger charge is 2.36. The Labute approximate surface area is 177 Å². The van der Waals surface area contributed by atoms with Gasteiger partial charge in [-0.3, -0.25) is 9.59 Å². The molecule has 0 aliphatic carbocycles. The summed E-state index contributed by atoms with van der Waals surface area (Å²) < 4.78 is 0. The molecule has 1 N–H and O–H groups in total. The summed E-state index contributed by atoms with van der Waals surface area (Å²) in [5, 5.41) is 4.65. The Morgan fingerprint density at radius 2 is 1.86 bits per heavy atom. The van der Waals surface area contributed by atoms with Gasteiger partial charge < -0.3 is 10.2 Å². The quantitative estimate of drug-likeness (QED) is 0.667. The SMILES string of the molecule is O=C1Nc2ccccc2S[C@@H]1CC(=O)N1CCc2sccc2[C@@H]1c1ccccc1. The van der Waals surface area contributed by atoms with Gasteiger partial charge in [-0.05, 0) is 41.1 Å². The van der Waals surface area contributed by atoms with E-state index in [0.29, 0.717) is 6.54 Å². The van der Waals surface area contributed by atoms with Crippen LogP contribution >= 0.6 is 23.1 Å². The summed E-state index contributed by atoms with van der Waals surface area (Å²) in [5.41, 5.74) is 3.16. The van der Waals surface area contributed by atoms with Gasteiger partial charge in [-0.15, -0.1) is 23.1 Å². The number of nitrogens with zero attached hydrogens (tertiary/aromatic N) is 1. The largest absolute Gasteiger partial charge is 0.331 e. The zero-order valence-electron chi connectivity index (χ0n) is 15.7. The summed E-state index contributed by atoms with van der Waals surface area (Å²) in [6.07, 6.45) is 1.07. The lowest BCUT2D eigenvalue weighted by Crippen LogP contribution is -2.42. The lowest BCUT2D eigenvalue weighted by Gasteiger charge is -2.37. The van der Waals surface area contributed by atoms with Gasteiger partial charge in [-0.2, -0.15) is 0 Å². The number of nitrogens with one attached hydrogen (secondary N) is 1. The topological polar surface area (TPSA) is 49.4 Å². The van der Waals surface area contributed by atoms with E-state index in [1.54, 1.807) is 11.3 Å². The Morgan fingerprint density at radius 1 is 1.07 bits per heavy atom. The van der Waals surface area contributed by atoms with E-state index in [0.717, 1.165) is 22.6 Å². The van der Waals surface area contributed by atoms with Crippen molar-refractivity contribution in [2.45, 2.75) is 29.0 Å². The van der Waals surface area contributed by atoms with Crippen LogP contribution in [-0.2, 0) is 16.0 Å². The Balaban J connectivity index is 1.41. The van der Waals surface area contributed by atoms with Gasteiger partial charge in [0.05, 0.1) is 17.0 Å². The summed E-state index contributed by atoms with van der Waals surface area (Å²) in [6.45, 7) is 0.682. The standard InChI is InChI=1S/C23H20N2O2S2/c26-21(14-20-23(27)24-17-8-4-5-9-19(17)29-20)25-12-10-18-16(11-13-28-18)22(25)15-6-2-1-3-7-15/h1-9,11,13,20,22H,10,12,14H2,(H,24,27)/t20-,22+/m1/s1. The van der Waals surface area contributed by atoms with Crippen molar-refractivity contribution in [2.75, 3.05) is 11.9 Å². The maximum Gasteiger partial charge on any atom is 0.238 e. The third kappa shape index (κ3) is 3.47. The van der Waals surface area contributed by atoms with Crippen LogP contribution in [0.25, 0.3) is 0 Å². The maximum atomic E-state index is 13.4. The van der Waals surface area contributed by atoms with E-state index >= 15 is 0 Å². The van der Waals surface area contributed by atoms with E-state index < -0.39 is 5.25 Å². The molecule has 0 saturated heterocycles. The fourth-order valence-electron chi connectivity index (χ4n) is 4.08. The fourth-order valence-corrected chi connectivity index (χ4v) is 6.09.